The molecule has 1 N–H and O–H groups in total. The van der Waals surface area contributed by atoms with Gasteiger partial charge in [-0.25, -0.2) is 4.79 Å². The monoisotopic (exact) mass is 381 g/mol. The van der Waals surface area contributed by atoms with Crippen molar-refractivity contribution in [1.29, 1.82) is 0 Å². The van der Waals surface area contributed by atoms with E-state index in [1.54, 1.807) is 18.2 Å². The highest BCUT2D eigenvalue weighted by molar-refractivity contribution is 9.10. The van der Waals surface area contributed by atoms with Crippen LogP contribution in [0.3, 0.4) is 0 Å². The summed E-state index contributed by atoms with van der Waals surface area (Å²) in [5.41, 5.74) is -0.312. The zero-order chi connectivity index (χ0) is 17.0. The molecule has 5 nitrogen and oxygen atoms in total. The van der Waals surface area contributed by atoms with Crippen molar-refractivity contribution in [2.75, 3.05) is 13.2 Å². The van der Waals surface area contributed by atoms with E-state index in [1.807, 2.05) is 20.8 Å². The number of carbonyl (C=O) groups excluding carboxylic acids is 1. The molecular weight excluding hydrogens is 362 g/mol. The van der Waals surface area contributed by atoms with Gasteiger partial charge in [0.2, 0.25) is 0 Å². The highest BCUT2D eigenvalue weighted by Crippen LogP contribution is 2.30. The Labute approximate surface area is 143 Å². The van der Waals surface area contributed by atoms with E-state index < -0.39 is 11.5 Å². The molecule has 23 heavy (non-hydrogen) atoms. The Bertz CT molecular complexity index is 767. The fourth-order valence-corrected chi connectivity index (χ4v) is 2.48. The number of ether oxygens (including phenoxy) is 1. The molecule has 0 aliphatic carbocycles. The average molecular weight is 382 g/mol. The van der Waals surface area contributed by atoms with Gasteiger partial charge >= 0.3 is 5.63 Å². The minimum absolute atomic E-state index is 0.00106. The van der Waals surface area contributed by atoms with E-state index in [4.69, 9.17) is 9.15 Å². The highest BCUT2D eigenvalue weighted by Gasteiger charge is 2.16. The Morgan fingerprint density at radius 1 is 1.35 bits per heavy atom. The SMILES string of the molecule is CCCNC(=O)c1cc2cc(Br)cc(OCC(C)C)c2oc1=O. The number of hydrogen-bond donors (Lipinski definition) is 1. The third-order valence-corrected chi connectivity index (χ3v) is 3.57. The largest absolute Gasteiger partial charge is 0.489 e. The Morgan fingerprint density at radius 2 is 2.09 bits per heavy atom. The lowest BCUT2D eigenvalue weighted by atomic mass is 10.1. The standard InChI is InChI=1S/C17H20BrNO4/c1-4-5-19-16(20)13-7-11-6-12(18)8-14(22-9-10(2)3)15(11)23-17(13)21/h6-8,10H,4-5,9H2,1-3H3,(H,19,20). The summed E-state index contributed by atoms with van der Waals surface area (Å²) in [5.74, 6) is 0.405. The Morgan fingerprint density at radius 3 is 2.74 bits per heavy atom. The smallest absolute Gasteiger partial charge is 0.349 e. The van der Waals surface area contributed by atoms with Gasteiger partial charge in [-0.15, -0.1) is 0 Å². The molecule has 0 unspecified atom stereocenters. The van der Waals surface area contributed by atoms with Gasteiger partial charge in [0.05, 0.1) is 6.61 Å². The van der Waals surface area contributed by atoms with E-state index in [1.165, 1.54) is 0 Å². The maximum Gasteiger partial charge on any atom is 0.349 e. The lowest BCUT2D eigenvalue weighted by Gasteiger charge is -2.11. The molecule has 1 amide bonds. The van der Waals surface area contributed by atoms with Gasteiger partial charge in [0.1, 0.15) is 5.56 Å². The van der Waals surface area contributed by atoms with Gasteiger partial charge in [0.25, 0.3) is 5.91 Å². The number of rotatable bonds is 6. The first-order valence-electron chi connectivity index (χ1n) is 7.60. The van der Waals surface area contributed by atoms with Gasteiger partial charge < -0.3 is 14.5 Å². The number of hydrogen-bond acceptors (Lipinski definition) is 4. The quantitative estimate of drug-likeness (QED) is 0.773. The van der Waals surface area contributed by atoms with E-state index >= 15 is 0 Å². The number of nitrogens with one attached hydrogen (secondary N) is 1. The van der Waals surface area contributed by atoms with Crippen LogP contribution in [0.15, 0.2) is 31.9 Å². The fourth-order valence-electron chi connectivity index (χ4n) is 2.02. The molecule has 0 atom stereocenters. The third kappa shape index (κ3) is 4.34. The van der Waals surface area contributed by atoms with Gasteiger partial charge in [-0.1, -0.05) is 36.7 Å². The van der Waals surface area contributed by atoms with Crippen molar-refractivity contribution in [3.8, 4) is 5.75 Å². The number of benzene rings is 1. The first-order valence-corrected chi connectivity index (χ1v) is 8.40. The maximum atomic E-state index is 12.1. The van der Waals surface area contributed by atoms with Crippen LogP contribution in [0.5, 0.6) is 5.75 Å². The first-order chi connectivity index (χ1) is 10.9. The fraction of sp³-hybridized carbons (Fsp3) is 0.412. The minimum atomic E-state index is -0.664. The summed E-state index contributed by atoms with van der Waals surface area (Å²) in [7, 11) is 0. The summed E-state index contributed by atoms with van der Waals surface area (Å²) < 4.78 is 11.9. The van der Waals surface area contributed by atoms with E-state index in [0.717, 1.165) is 10.9 Å². The molecule has 0 aliphatic heterocycles. The lowest BCUT2D eigenvalue weighted by Crippen LogP contribution is -2.28. The molecule has 1 aromatic heterocycles. The van der Waals surface area contributed by atoms with Crippen molar-refractivity contribution in [2.45, 2.75) is 27.2 Å². The second kappa shape index (κ2) is 7.64. The first kappa shape index (κ1) is 17.5. The molecule has 0 aliphatic rings. The Balaban J connectivity index is 2.47. The predicted molar refractivity (Wildman–Crippen MR) is 93.1 cm³/mol. The molecule has 2 aromatic rings. The van der Waals surface area contributed by atoms with Crippen LogP contribution in [0.2, 0.25) is 0 Å². The molecule has 0 radical (unpaired) electrons. The minimum Gasteiger partial charge on any atom is -0.489 e. The lowest BCUT2D eigenvalue weighted by molar-refractivity contribution is 0.0950. The normalized spacial score (nSPS) is 11.0. The third-order valence-electron chi connectivity index (χ3n) is 3.12. The molecule has 124 valence electrons. The average Bonchev–Trinajstić information content (AvgIpc) is 2.50. The second-order valence-corrected chi connectivity index (χ2v) is 6.65. The van der Waals surface area contributed by atoms with E-state index in [9.17, 15) is 9.59 Å². The van der Waals surface area contributed by atoms with Crippen LogP contribution in [-0.2, 0) is 0 Å². The molecule has 1 aromatic carbocycles. The van der Waals surface area contributed by atoms with Crippen LogP contribution in [0, 0.1) is 5.92 Å². The van der Waals surface area contributed by atoms with Gasteiger partial charge in [-0.2, -0.15) is 0 Å². The van der Waals surface area contributed by atoms with Crippen molar-refractivity contribution in [3.05, 3.63) is 38.7 Å². The second-order valence-electron chi connectivity index (χ2n) is 5.73. The van der Waals surface area contributed by atoms with Crippen LogP contribution in [0.25, 0.3) is 11.0 Å². The number of halogens is 1. The number of amides is 1. The van der Waals surface area contributed by atoms with Gasteiger partial charge in [-0.05, 0) is 30.5 Å². The molecule has 0 saturated heterocycles. The van der Waals surface area contributed by atoms with Crippen molar-refractivity contribution in [1.82, 2.24) is 5.32 Å². The number of carbonyl (C=O) groups is 1. The predicted octanol–water partition coefficient (Wildman–Crippen LogP) is 3.73. The van der Waals surface area contributed by atoms with Gasteiger partial charge in [-0.3, -0.25) is 4.79 Å². The Hall–Kier alpha value is -1.82. The van der Waals surface area contributed by atoms with Crippen molar-refractivity contribution in [2.24, 2.45) is 5.92 Å². The molecule has 0 spiro atoms. The van der Waals surface area contributed by atoms with Crippen molar-refractivity contribution < 1.29 is 13.9 Å². The van der Waals surface area contributed by atoms with Gasteiger partial charge in [0, 0.05) is 16.4 Å². The van der Waals surface area contributed by atoms with E-state index in [2.05, 4.69) is 21.2 Å². The molecule has 0 fully saturated rings. The van der Waals surface area contributed by atoms with Crippen molar-refractivity contribution in [3.63, 3.8) is 0 Å². The molecule has 6 heteroatoms. The molecule has 2 rings (SSSR count). The molecule has 1 heterocycles. The molecule has 0 bridgehead atoms. The van der Waals surface area contributed by atoms with Crippen molar-refractivity contribution >= 4 is 32.8 Å². The molecule has 0 saturated carbocycles. The summed E-state index contributed by atoms with van der Waals surface area (Å²) in [4.78, 5) is 24.2. The highest BCUT2D eigenvalue weighted by atomic mass is 79.9. The van der Waals surface area contributed by atoms with Crippen LogP contribution < -0.4 is 15.7 Å². The zero-order valence-electron chi connectivity index (χ0n) is 13.4. The van der Waals surface area contributed by atoms with Crippen LogP contribution in [0.1, 0.15) is 37.6 Å². The Kier molecular flexibility index (Phi) is 5.82. The summed E-state index contributed by atoms with van der Waals surface area (Å²) in [6.07, 6.45) is 0.795. The number of fused-ring (bicyclic) bond motifs is 1. The molecular formula is C17H20BrNO4. The van der Waals surface area contributed by atoms with E-state index in [0.29, 0.717) is 35.8 Å². The summed E-state index contributed by atoms with van der Waals surface area (Å²) in [5, 5.41) is 3.32. The summed E-state index contributed by atoms with van der Waals surface area (Å²) in [6, 6.07) is 5.08. The van der Waals surface area contributed by atoms with Crippen LogP contribution >= 0.6 is 15.9 Å². The maximum absolute atomic E-state index is 12.1. The van der Waals surface area contributed by atoms with Crippen LogP contribution in [-0.4, -0.2) is 19.1 Å². The topological polar surface area (TPSA) is 68.5 Å². The summed E-state index contributed by atoms with van der Waals surface area (Å²) >= 11 is 3.41. The zero-order valence-corrected chi connectivity index (χ0v) is 15.0. The van der Waals surface area contributed by atoms with Crippen LogP contribution in [0.4, 0.5) is 0 Å². The van der Waals surface area contributed by atoms with Gasteiger partial charge in [0.15, 0.2) is 11.3 Å². The summed E-state index contributed by atoms with van der Waals surface area (Å²) in [6.45, 7) is 7.03. The van der Waals surface area contributed by atoms with E-state index in [-0.39, 0.29) is 5.56 Å².